The number of benzene rings is 1. The van der Waals surface area contributed by atoms with Crippen LogP contribution in [0.1, 0.15) is 41.7 Å². The zero-order valence-electron chi connectivity index (χ0n) is 15.0. The normalized spacial score (nSPS) is 11.1. The summed E-state index contributed by atoms with van der Waals surface area (Å²) >= 11 is 1.39. The number of ether oxygens (including phenoxy) is 1. The van der Waals surface area contributed by atoms with Gasteiger partial charge in [0.2, 0.25) is 0 Å². The number of aromatic nitrogens is 3. The van der Waals surface area contributed by atoms with E-state index in [-0.39, 0.29) is 11.7 Å². The molecular formula is C19H21N3O3S. The highest BCUT2D eigenvalue weighted by Gasteiger charge is 2.18. The van der Waals surface area contributed by atoms with Crippen LogP contribution in [0.4, 0.5) is 0 Å². The summed E-state index contributed by atoms with van der Waals surface area (Å²) in [6, 6.07) is 10.9. The van der Waals surface area contributed by atoms with E-state index in [1.54, 1.807) is 37.6 Å². The molecule has 3 aromatic rings. The van der Waals surface area contributed by atoms with Gasteiger partial charge in [-0.25, -0.2) is 0 Å². The number of methoxy groups -OCH3 is 1. The van der Waals surface area contributed by atoms with E-state index in [1.807, 2.05) is 16.7 Å². The van der Waals surface area contributed by atoms with Crippen LogP contribution in [0, 0.1) is 0 Å². The maximum Gasteiger partial charge on any atom is 0.192 e. The Morgan fingerprint density at radius 1 is 1.23 bits per heavy atom. The molecule has 0 bridgehead atoms. The smallest absolute Gasteiger partial charge is 0.192 e. The highest BCUT2D eigenvalue weighted by Crippen LogP contribution is 2.24. The third-order valence-corrected chi connectivity index (χ3v) is 4.87. The van der Waals surface area contributed by atoms with Crippen LogP contribution < -0.4 is 4.74 Å². The molecule has 0 saturated heterocycles. The van der Waals surface area contributed by atoms with Crippen molar-refractivity contribution in [2.24, 2.45) is 0 Å². The maximum atomic E-state index is 12.4. The molecular weight excluding hydrogens is 350 g/mol. The molecule has 0 saturated carbocycles. The number of hydrogen-bond donors (Lipinski definition) is 0. The first kappa shape index (κ1) is 18.3. The van der Waals surface area contributed by atoms with Crippen molar-refractivity contribution in [3.8, 4) is 5.75 Å². The molecule has 136 valence electrons. The van der Waals surface area contributed by atoms with Crippen LogP contribution in [0.25, 0.3) is 0 Å². The summed E-state index contributed by atoms with van der Waals surface area (Å²) in [6.45, 7) is 4.69. The first-order valence-corrected chi connectivity index (χ1v) is 9.32. The van der Waals surface area contributed by atoms with Gasteiger partial charge < -0.3 is 9.15 Å². The second-order valence-corrected chi connectivity index (χ2v) is 7.04. The van der Waals surface area contributed by atoms with Gasteiger partial charge in [0.1, 0.15) is 17.3 Å². The molecule has 2 heterocycles. The minimum atomic E-state index is 0.0382. The van der Waals surface area contributed by atoms with E-state index in [0.29, 0.717) is 23.0 Å². The quantitative estimate of drug-likeness (QED) is 0.440. The van der Waals surface area contributed by atoms with Crippen molar-refractivity contribution in [2.75, 3.05) is 12.9 Å². The average Bonchev–Trinajstić information content (AvgIpc) is 3.30. The molecule has 6 nitrogen and oxygen atoms in total. The lowest BCUT2D eigenvalue weighted by atomic mass is 10.1. The van der Waals surface area contributed by atoms with Gasteiger partial charge in [0.15, 0.2) is 10.9 Å². The van der Waals surface area contributed by atoms with Crippen LogP contribution in [0.2, 0.25) is 0 Å². The van der Waals surface area contributed by atoms with E-state index in [2.05, 4.69) is 24.0 Å². The number of carbonyl (C=O) groups is 1. The fourth-order valence-electron chi connectivity index (χ4n) is 2.53. The molecule has 3 rings (SSSR count). The molecule has 0 fully saturated rings. The molecule has 1 aromatic carbocycles. The molecule has 0 atom stereocenters. The number of ketones is 1. The summed E-state index contributed by atoms with van der Waals surface area (Å²) < 4.78 is 12.6. The lowest BCUT2D eigenvalue weighted by molar-refractivity contribution is 0.102. The van der Waals surface area contributed by atoms with E-state index >= 15 is 0 Å². The summed E-state index contributed by atoms with van der Waals surface area (Å²) in [5.74, 6) is 2.99. The van der Waals surface area contributed by atoms with Crippen LogP contribution in [0.15, 0.2) is 52.2 Å². The fraction of sp³-hybridized carbons (Fsp3) is 0.316. The SMILES string of the molecule is COc1ccc(C(=O)CSc2nnc(C(C)C)n2Cc2ccco2)cc1. The Morgan fingerprint density at radius 2 is 2.00 bits per heavy atom. The van der Waals surface area contributed by atoms with Crippen molar-refractivity contribution in [3.05, 3.63) is 59.8 Å². The molecule has 0 unspecified atom stereocenters. The lowest BCUT2D eigenvalue weighted by Crippen LogP contribution is -2.09. The summed E-state index contributed by atoms with van der Waals surface area (Å²) in [6.07, 6.45) is 1.65. The molecule has 0 N–H and O–H groups in total. The van der Waals surface area contributed by atoms with Crippen LogP contribution in [0.5, 0.6) is 5.75 Å². The van der Waals surface area contributed by atoms with Gasteiger partial charge >= 0.3 is 0 Å². The summed E-state index contributed by atoms with van der Waals surface area (Å²) in [5.41, 5.74) is 0.652. The van der Waals surface area contributed by atoms with Gasteiger partial charge in [0, 0.05) is 11.5 Å². The largest absolute Gasteiger partial charge is 0.497 e. The number of hydrogen-bond acceptors (Lipinski definition) is 6. The zero-order chi connectivity index (χ0) is 18.5. The average molecular weight is 371 g/mol. The number of furan rings is 1. The van der Waals surface area contributed by atoms with Crippen LogP contribution in [0.3, 0.4) is 0 Å². The van der Waals surface area contributed by atoms with Crippen LogP contribution in [-0.4, -0.2) is 33.4 Å². The lowest BCUT2D eigenvalue weighted by Gasteiger charge is -2.10. The molecule has 0 aliphatic rings. The van der Waals surface area contributed by atoms with Gasteiger partial charge in [-0.1, -0.05) is 25.6 Å². The van der Waals surface area contributed by atoms with Gasteiger partial charge in [-0.3, -0.25) is 9.36 Å². The Morgan fingerprint density at radius 3 is 2.62 bits per heavy atom. The Hall–Kier alpha value is -2.54. The highest BCUT2D eigenvalue weighted by molar-refractivity contribution is 7.99. The van der Waals surface area contributed by atoms with Gasteiger partial charge in [-0.05, 0) is 36.4 Å². The van der Waals surface area contributed by atoms with Crippen molar-refractivity contribution in [3.63, 3.8) is 0 Å². The third kappa shape index (κ3) is 4.16. The summed E-state index contributed by atoms with van der Waals surface area (Å²) in [4.78, 5) is 12.4. The van der Waals surface area contributed by atoms with Crippen molar-refractivity contribution in [1.82, 2.24) is 14.8 Å². The minimum Gasteiger partial charge on any atom is -0.497 e. The van der Waals surface area contributed by atoms with Crippen molar-refractivity contribution in [2.45, 2.75) is 31.5 Å². The predicted octanol–water partition coefficient (Wildman–Crippen LogP) is 4.03. The molecule has 26 heavy (non-hydrogen) atoms. The second-order valence-electron chi connectivity index (χ2n) is 6.10. The summed E-state index contributed by atoms with van der Waals surface area (Å²) in [5, 5.41) is 9.28. The van der Waals surface area contributed by atoms with Gasteiger partial charge in [0.25, 0.3) is 0 Å². The van der Waals surface area contributed by atoms with Gasteiger partial charge in [-0.2, -0.15) is 0 Å². The first-order valence-electron chi connectivity index (χ1n) is 8.34. The molecule has 0 aliphatic heterocycles. The third-order valence-electron chi connectivity index (χ3n) is 3.90. The first-order chi connectivity index (χ1) is 12.6. The Kier molecular flexibility index (Phi) is 5.78. The molecule has 0 aliphatic carbocycles. The highest BCUT2D eigenvalue weighted by atomic mass is 32.2. The van der Waals surface area contributed by atoms with Crippen LogP contribution in [-0.2, 0) is 6.54 Å². The van der Waals surface area contributed by atoms with Crippen LogP contribution >= 0.6 is 11.8 Å². The van der Waals surface area contributed by atoms with E-state index < -0.39 is 0 Å². The Bertz CT molecular complexity index is 855. The van der Waals surface area contributed by atoms with E-state index in [9.17, 15) is 4.79 Å². The predicted molar refractivity (Wildman–Crippen MR) is 100.0 cm³/mol. The monoisotopic (exact) mass is 371 g/mol. The van der Waals surface area contributed by atoms with E-state index in [0.717, 1.165) is 17.3 Å². The van der Waals surface area contributed by atoms with Crippen molar-refractivity contribution < 1.29 is 13.9 Å². The summed E-state index contributed by atoms with van der Waals surface area (Å²) in [7, 11) is 1.60. The van der Waals surface area contributed by atoms with Crippen molar-refractivity contribution >= 4 is 17.5 Å². The number of thioether (sulfide) groups is 1. The second kappa shape index (κ2) is 8.23. The van der Waals surface area contributed by atoms with Gasteiger partial charge in [-0.15, -0.1) is 10.2 Å². The molecule has 0 spiro atoms. The number of carbonyl (C=O) groups excluding carboxylic acids is 1. The molecule has 2 aromatic heterocycles. The number of Topliss-reactive ketones (excluding diaryl/α,β-unsaturated/α-hetero) is 1. The maximum absolute atomic E-state index is 12.4. The Labute approximate surface area is 156 Å². The topological polar surface area (TPSA) is 70.2 Å². The van der Waals surface area contributed by atoms with Gasteiger partial charge in [0.05, 0.1) is 25.7 Å². The van der Waals surface area contributed by atoms with Crippen molar-refractivity contribution in [1.29, 1.82) is 0 Å². The Balaban J connectivity index is 1.73. The molecule has 0 amide bonds. The standard InChI is InChI=1S/C19H21N3O3S/c1-13(2)18-20-21-19(22(18)11-16-5-4-10-25-16)26-12-17(23)14-6-8-15(24-3)9-7-14/h4-10,13H,11-12H2,1-3H3. The molecule has 0 radical (unpaired) electrons. The fourth-order valence-corrected chi connectivity index (χ4v) is 3.37. The zero-order valence-corrected chi connectivity index (χ0v) is 15.8. The molecule has 7 heteroatoms. The van der Waals surface area contributed by atoms with E-state index in [4.69, 9.17) is 9.15 Å². The van der Waals surface area contributed by atoms with E-state index in [1.165, 1.54) is 11.8 Å². The number of nitrogens with zero attached hydrogens (tertiary/aromatic N) is 3. The number of rotatable bonds is 8. The minimum absolute atomic E-state index is 0.0382.